The van der Waals surface area contributed by atoms with Gasteiger partial charge in [0.25, 0.3) is 23.4 Å². The Bertz CT molecular complexity index is 1250. The van der Waals surface area contributed by atoms with E-state index in [9.17, 15) is 34.4 Å². The first kappa shape index (κ1) is 20.7. The van der Waals surface area contributed by atoms with E-state index >= 15 is 0 Å². The van der Waals surface area contributed by atoms with Crippen molar-refractivity contribution >= 4 is 41.1 Å². The van der Waals surface area contributed by atoms with E-state index in [0.29, 0.717) is 0 Å². The van der Waals surface area contributed by atoms with Crippen LogP contribution in [-0.4, -0.2) is 60.7 Å². The first-order valence-corrected chi connectivity index (χ1v) is 10.6. The Morgan fingerprint density at radius 1 is 1.03 bits per heavy atom. The molecule has 0 bridgehead atoms. The lowest BCUT2D eigenvalue weighted by atomic mass is 10.0. The van der Waals surface area contributed by atoms with Gasteiger partial charge in [0, 0.05) is 12.1 Å². The molecule has 2 aromatic carbocycles. The second kappa shape index (κ2) is 7.45. The third-order valence-electron chi connectivity index (χ3n) is 5.48. The Balaban J connectivity index is 1.38. The molecule has 3 aliphatic heterocycles. The van der Waals surface area contributed by atoms with Crippen LogP contribution in [0, 0.1) is 10.1 Å². The Hall–Kier alpha value is -4.19. The van der Waals surface area contributed by atoms with Gasteiger partial charge in [-0.05, 0) is 24.3 Å². The number of thioether (sulfide) groups is 1. The highest BCUT2D eigenvalue weighted by atomic mass is 32.2. The van der Waals surface area contributed by atoms with Gasteiger partial charge in [-0.15, -0.1) is 11.8 Å². The number of nitrogens with zero attached hydrogens (tertiary/aromatic N) is 3. The van der Waals surface area contributed by atoms with Crippen LogP contribution in [0.3, 0.4) is 0 Å². The summed E-state index contributed by atoms with van der Waals surface area (Å²) >= 11 is 1.10. The number of benzene rings is 2. The number of hydrogen-bond acceptors (Lipinski definition) is 9. The number of fused-ring (bicyclic) bond motifs is 2. The molecule has 33 heavy (non-hydrogen) atoms. The second-order valence-electron chi connectivity index (χ2n) is 7.32. The number of hydrogen-bond donors (Lipinski definition) is 1. The van der Waals surface area contributed by atoms with Crippen molar-refractivity contribution in [3.63, 3.8) is 0 Å². The molecule has 0 radical (unpaired) electrons. The number of carbonyl (C=O) groups is 4. The van der Waals surface area contributed by atoms with Crippen LogP contribution in [0.5, 0.6) is 5.75 Å². The number of non-ortho nitro benzene ring substituents is 1. The summed E-state index contributed by atoms with van der Waals surface area (Å²) in [6, 6.07) is 9.82. The number of β-lactam (4-membered cyclic amide) rings is 1. The maximum Gasteiger partial charge on any atom is 0.364 e. The summed E-state index contributed by atoms with van der Waals surface area (Å²) in [5.41, 5.74) is -0.195. The van der Waals surface area contributed by atoms with Crippen molar-refractivity contribution in [3.8, 4) is 5.75 Å². The van der Waals surface area contributed by atoms with Crippen molar-refractivity contribution < 1.29 is 33.9 Å². The zero-order chi connectivity index (χ0) is 23.4. The molecule has 0 saturated carbocycles. The lowest BCUT2D eigenvalue weighted by molar-refractivity contribution is -0.384. The number of esters is 1. The van der Waals surface area contributed by atoms with E-state index in [1.807, 2.05) is 0 Å². The largest absolute Gasteiger partial charge is 0.509 e. The Morgan fingerprint density at radius 2 is 1.64 bits per heavy atom. The maximum absolute atomic E-state index is 13.0. The van der Waals surface area contributed by atoms with Gasteiger partial charge in [0.2, 0.25) is 0 Å². The summed E-state index contributed by atoms with van der Waals surface area (Å²) in [5.74, 6) is -3.39. The third-order valence-corrected chi connectivity index (χ3v) is 6.73. The van der Waals surface area contributed by atoms with Crippen molar-refractivity contribution in [3.05, 3.63) is 81.2 Å². The van der Waals surface area contributed by atoms with E-state index in [4.69, 9.17) is 4.74 Å². The van der Waals surface area contributed by atoms with Gasteiger partial charge in [-0.3, -0.25) is 34.3 Å². The van der Waals surface area contributed by atoms with Crippen LogP contribution in [0.15, 0.2) is 60.0 Å². The summed E-state index contributed by atoms with van der Waals surface area (Å²) in [4.78, 5) is 63.4. The molecule has 3 amide bonds. The minimum Gasteiger partial charge on any atom is -0.509 e. The van der Waals surface area contributed by atoms with E-state index in [1.165, 1.54) is 24.3 Å². The molecule has 0 aliphatic carbocycles. The van der Waals surface area contributed by atoms with Crippen LogP contribution in [0.25, 0.3) is 0 Å². The molecule has 3 aliphatic rings. The van der Waals surface area contributed by atoms with Crippen LogP contribution in [0.2, 0.25) is 0 Å². The van der Waals surface area contributed by atoms with E-state index in [2.05, 4.69) is 0 Å². The number of nitro groups is 1. The van der Waals surface area contributed by atoms with Crippen molar-refractivity contribution in [1.29, 1.82) is 0 Å². The van der Waals surface area contributed by atoms with Crippen LogP contribution < -0.4 is 4.74 Å². The first-order chi connectivity index (χ1) is 15.8. The van der Waals surface area contributed by atoms with Gasteiger partial charge in [-0.1, -0.05) is 12.1 Å². The summed E-state index contributed by atoms with van der Waals surface area (Å²) < 4.78 is 5.18. The van der Waals surface area contributed by atoms with Gasteiger partial charge in [0.15, 0.2) is 5.70 Å². The number of imide groups is 1. The fourth-order valence-corrected chi connectivity index (χ4v) is 5.17. The number of rotatable bonds is 4. The van der Waals surface area contributed by atoms with Crippen molar-refractivity contribution in [1.82, 2.24) is 9.80 Å². The number of amides is 3. The van der Waals surface area contributed by atoms with Gasteiger partial charge in [0.1, 0.15) is 22.9 Å². The maximum atomic E-state index is 13.0. The monoisotopic (exact) mass is 467 g/mol. The van der Waals surface area contributed by atoms with Gasteiger partial charge in [-0.25, -0.2) is 4.79 Å². The normalized spacial score (nSPS) is 21.5. The molecule has 1 fully saturated rings. The topological polar surface area (TPSA) is 147 Å². The molecule has 3 heterocycles. The average Bonchev–Trinajstić information content (AvgIpc) is 3.05. The highest BCUT2D eigenvalue weighted by molar-refractivity contribution is 8.00. The molecule has 12 heteroatoms. The molecule has 2 atom stereocenters. The summed E-state index contributed by atoms with van der Waals surface area (Å²) in [6.45, 7) is 0. The first-order valence-electron chi connectivity index (χ1n) is 9.60. The summed E-state index contributed by atoms with van der Waals surface area (Å²) in [6.07, 6.45) is 0. The minimum absolute atomic E-state index is 0.0226. The average molecular weight is 467 g/mol. The van der Waals surface area contributed by atoms with Crippen LogP contribution >= 0.6 is 11.8 Å². The molecular weight excluding hydrogens is 454 g/mol. The standard InChI is InChI=1S/C21H13N3O8S/c25-14-9-33-20-16(22-17(26)12-3-1-2-4-13(12)18(22)27)19(28)23(20)15(14)21(29)32-11-7-5-10(6-8-11)24(30)31/h1-8,16,20,25H,9H2/t16?,20-/m1/s1. The highest BCUT2D eigenvalue weighted by Crippen LogP contribution is 2.44. The summed E-state index contributed by atoms with van der Waals surface area (Å²) in [7, 11) is 0. The zero-order valence-corrected chi connectivity index (χ0v) is 17.4. The smallest absolute Gasteiger partial charge is 0.364 e. The molecule has 0 spiro atoms. The van der Waals surface area contributed by atoms with Crippen molar-refractivity contribution in [2.24, 2.45) is 0 Å². The lowest BCUT2D eigenvalue weighted by Crippen LogP contribution is -2.71. The Morgan fingerprint density at radius 3 is 2.21 bits per heavy atom. The fourth-order valence-electron chi connectivity index (χ4n) is 3.93. The van der Waals surface area contributed by atoms with Crippen molar-refractivity contribution in [2.75, 3.05) is 5.75 Å². The Labute approximate surface area is 189 Å². The molecule has 1 saturated heterocycles. The van der Waals surface area contributed by atoms with Gasteiger partial charge < -0.3 is 9.84 Å². The number of aliphatic hydroxyl groups is 1. The Kier molecular flexibility index (Phi) is 4.67. The SMILES string of the molecule is O=C(Oc1ccc([N+](=O)[O-])cc1)C1=C(O)CS[C@@H]2C(N3C(=O)c4ccccc4C3=O)C(=O)N12. The highest BCUT2D eigenvalue weighted by Gasteiger charge is 2.60. The van der Waals surface area contributed by atoms with Crippen LogP contribution in [0.1, 0.15) is 20.7 Å². The molecule has 1 unspecified atom stereocenters. The predicted octanol–water partition coefficient (Wildman–Crippen LogP) is 1.85. The number of ether oxygens (including phenoxy) is 1. The van der Waals surface area contributed by atoms with Crippen molar-refractivity contribution in [2.45, 2.75) is 11.4 Å². The molecule has 5 rings (SSSR count). The van der Waals surface area contributed by atoms with Gasteiger partial charge in [0.05, 0.1) is 21.8 Å². The van der Waals surface area contributed by atoms with Gasteiger partial charge >= 0.3 is 5.97 Å². The number of nitro benzene ring substituents is 1. The number of aliphatic hydroxyl groups excluding tert-OH is 1. The van der Waals surface area contributed by atoms with E-state index in [0.717, 1.165) is 33.7 Å². The van der Waals surface area contributed by atoms with E-state index in [1.54, 1.807) is 12.1 Å². The molecule has 1 N–H and O–H groups in total. The molecule has 0 aromatic heterocycles. The van der Waals surface area contributed by atoms with E-state index in [-0.39, 0.29) is 28.3 Å². The predicted molar refractivity (Wildman–Crippen MR) is 112 cm³/mol. The molecule has 166 valence electrons. The zero-order valence-electron chi connectivity index (χ0n) is 16.5. The molecule has 2 aromatic rings. The van der Waals surface area contributed by atoms with E-state index < -0.39 is 51.5 Å². The van der Waals surface area contributed by atoms with Crippen LogP contribution in [-0.2, 0) is 9.59 Å². The quantitative estimate of drug-likeness (QED) is 0.178. The third kappa shape index (κ3) is 3.06. The summed E-state index contributed by atoms with van der Waals surface area (Å²) in [5, 5.41) is 20.3. The van der Waals surface area contributed by atoms with Crippen LogP contribution in [0.4, 0.5) is 5.69 Å². The fraction of sp³-hybridized carbons (Fsp3) is 0.143. The molecular formula is C21H13N3O8S. The number of carbonyl (C=O) groups excluding carboxylic acids is 4. The lowest BCUT2D eigenvalue weighted by Gasteiger charge is -2.50. The minimum atomic E-state index is -1.13. The second-order valence-corrected chi connectivity index (χ2v) is 8.42. The molecule has 11 nitrogen and oxygen atoms in total. The van der Waals surface area contributed by atoms with Gasteiger partial charge in [-0.2, -0.15) is 0 Å².